The van der Waals surface area contributed by atoms with Gasteiger partial charge < -0.3 is 19.9 Å². The quantitative estimate of drug-likeness (QED) is 0.523. The molecule has 1 aliphatic heterocycles. The Morgan fingerprint density at radius 3 is 2.68 bits per heavy atom. The van der Waals surface area contributed by atoms with Crippen molar-refractivity contribution in [3.05, 3.63) is 36.8 Å². The van der Waals surface area contributed by atoms with E-state index in [1.807, 2.05) is 41.7 Å². The van der Waals surface area contributed by atoms with Crippen LogP contribution in [0.5, 0.6) is 0 Å². The van der Waals surface area contributed by atoms with E-state index >= 15 is 0 Å². The van der Waals surface area contributed by atoms with Gasteiger partial charge in [0.05, 0.1) is 17.8 Å². The number of pyridine rings is 1. The first kappa shape index (κ1) is 18.4. The Hall–Kier alpha value is -3.33. The lowest BCUT2D eigenvalue weighted by molar-refractivity contribution is 0.198. The molecule has 158 valence electrons. The van der Waals surface area contributed by atoms with Crippen molar-refractivity contribution in [1.29, 1.82) is 0 Å². The normalized spacial score (nSPS) is 19.6. The average Bonchev–Trinajstić information content (AvgIpc) is 3.53. The highest BCUT2D eigenvalue weighted by Crippen LogP contribution is 2.37. The van der Waals surface area contributed by atoms with E-state index < -0.39 is 0 Å². The number of β-amino-alcohol motifs (C(OH)–C–C–N with tert-alkyl or cyclic N) is 1. The van der Waals surface area contributed by atoms with Crippen LogP contribution in [0.4, 0.5) is 17.6 Å². The van der Waals surface area contributed by atoms with Crippen molar-refractivity contribution in [2.75, 3.05) is 23.3 Å². The molecule has 0 spiro atoms. The van der Waals surface area contributed by atoms with Crippen LogP contribution in [0.1, 0.15) is 38.1 Å². The summed E-state index contributed by atoms with van der Waals surface area (Å²) in [7, 11) is 0. The van der Waals surface area contributed by atoms with Crippen molar-refractivity contribution in [2.24, 2.45) is 0 Å². The number of nitrogens with zero attached hydrogens (tertiary/aromatic N) is 7. The monoisotopic (exact) mass is 416 g/mol. The maximum Gasteiger partial charge on any atom is 0.230 e. The Balaban J connectivity index is 1.33. The summed E-state index contributed by atoms with van der Waals surface area (Å²) in [5.41, 5.74) is 2.05. The summed E-state index contributed by atoms with van der Waals surface area (Å²) < 4.78 is 2.34. The van der Waals surface area contributed by atoms with Crippen LogP contribution in [0.15, 0.2) is 36.8 Å². The molecule has 0 radical (unpaired) electrons. The zero-order chi connectivity index (χ0) is 20.8. The van der Waals surface area contributed by atoms with Gasteiger partial charge in [0.1, 0.15) is 5.65 Å². The zero-order valence-corrected chi connectivity index (χ0v) is 17.1. The third-order valence-corrected chi connectivity index (χ3v) is 6.41. The summed E-state index contributed by atoms with van der Waals surface area (Å²) in [5, 5.41) is 23.7. The number of nitrogens with one attached hydrogen (secondary N) is 1. The van der Waals surface area contributed by atoms with E-state index in [9.17, 15) is 5.11 Å². The first-order valence-corrected chi connectivity index (χ1v) is 10.9. The molecule has 0 bridgehead atoms. The van der Waals surface area contributed by atoms with Gasteiger partial charge in [0.15, 0.2) is 11.6 Å². The summed E-state index contributed by atoms with van der Waals surface area (Å²) in [6, 6.07) is 6.27. The van der Waals surface area contributed by atoms with Crippen LogP contribution in [0.3, 0.4) is 0 Å². The van der Waals surface area contributed by atoms with Crippen LogP contribution in [-0.2, 0) is 0 Å². The minimum atomic E-state index is -0.290. The minimum absolute atomic E-state index is 0.290. The van der Waals surface area contributed by atoms with E-state index in [2.05, 4.69) is 30.0 Å². The van der Waals surface area contributed by atoms with E-state index in [4.69, 9.17) is 4.98 Å². The van der Waals surface area contributed by atoms with Crippen LogP contribution >= 0.6 is 0 Å². The molecule has 1 unspecified atom stereocenters. The van der Waals surface area contributed by atoms with Crippen LogP contribution in [0.2, 0.25) is 0 Å². The predicted octanol–water partition coefficient (Wildman–Crippen LogP) is 3.20. The lowest BCUT2D eigenvalue weighted by Crippen LogP contribution is -2.22. The average molecular weight is 416 g/mol. The van der Waals surface area contributed by atoms with Gasteiger partial charge in [-0.1, -0.05) is 12.8 Å². The third kappa shape index (κ3) is 3.25. The molecule has 1 atom stereocenters. The van der Waals surface area contributed by atoms with Crippen LogP contribution < -0.4 is 10.2 Å². The second-order valence-electron chi connectivity index (χ2n) is 8.42. The van der Waals surface area contributed by atoms with Gasteiger partial charge in [-0.25, -0.2) is 4.98 Å². The van der Waals surface area contributed by atoms with E-state index in [1.165, 1.54) is 25.7 Å². The summed E-state index contributed by atoms with van der Waals surface area (Å²) in [6.45, 7) is 1.39. The van der Waals surface area contributed by atoms with E-state index in [0.717, 1.165) is 40.7 Å². The highest BCUT2D eigenvalue weighted by molar-refractivity contribution is 6.06. The molecule has 0 amide bonds. The highest BCUT2D eigenvalue weighted by atomic mass is 16.3. The van der Waals surface area contributed by atoms with Gasteiger partial charge in [-0.2, -0.15) is 4.98 Å². The third-order valence-electron chi connectivity index (χ3n) is 6.41. The number of fused-ring (bicyclic) bond motifs is 3. The van der Waals surface area contributed by atoms with E-state index in [0.29, 0.717) is 24.4 Å². The summed E-state index contributed by atoms with van der Waals surface area (Å²) in [4.78, 5) is 15.8. The van der Waals surface area contributed by atoms with Crippen LogP contribution in [-0.4, -0.2) is 54.0 Å². The lowest BCUT2D eigenvalue weighted by Gasteiger charge is -2.16. The SMILES string of the molecule is OC1CCN(c2ccc(Nc3ncc4c5ccncc5n(C5CCCC5)c4n3)nn2)C1. The smallest absolute Gasteiger partial charge is 0.230 e. The Labute approximate surface area is 179 Å². The van der Waals surface area contributed by atoms with Gasteiger partial charge in [0.2, 0.25) is 5.95 Å². The number of hydrogen-bond donors (Lipinski definition) is 2. The summed E-state index contributed by atoms with van der Waals surface area (Å²) in [5.74, 6) is 1.86. The molecule has 1 saturated heterocycles. The first-order chi connectivity index (χ1) is 15.3. The number of hydrogen-bond acceptors (Lipinski definition) is 8. The Morgan fingerprint density at radius 1 is 1.00 bits per heavy atom. The van der Waals surface area contributed by atoms with Crippen molar-refractivity contribution >= 4 is 39.5 Å². The van der Waals surface area contributed by atoms with Crippen molar-refractivity contribution < 1.29 is 5.11 Å². The van der Waals surface area contributed by atoms with Crippen molar-refractivity contribution in [2.45, 2.75) is 44.2 Å². The summed E-state index contributed by atoms with van der Waals surface area (Å²) >= 11 is 0. The molecule has 9 heteroatoms. The van der Waals surface area contributed by atoms with E-state index in [-0.39, 0.29) is 6.10 Å². The van der Waals surface area contributed by atoms with Gasteiger partial charge in [0, 0.05) is 42.3 Å². The minimum Gasteiger partial charge on any atom is -0.391 e. The fraction of sp³-hybridized carbons (Fsp3) is 0.409. The molecule has 9 nitrogen and oxygen atoms in total. The molecule has 4 aromatic heterocycles. The van der Waals surface area contributed by atoms with Gasteiger partial charge >= 0.3 is 0 Å². The number of aliphatic hydroxyl groups is 1. The van der Waals surface area contributed by atoms with Crippen molar-refractivity contribution in [3.8, 4) is 0 Å². The lowest BCUT2D eigenvalue weighted by atomic mass is 10.2. The molecule has 6 rings (SSSR count). The Morgan fingerprint density at radius 2 is 1.90 bits per heavy atom. The van der Waals surface area contributed by atoms with Gasteiger partial charge in [-0.3, -0.25) is 4.98 Å². The standard InChI is InChI=1S/C22H24N8O/c31-15-8-10-29(13-15)20-6-5-19(27-28-20)25-22-24-11-17-16-7-9-23-12-18(16)30(21(17)26-22)14-3-1-2-4-14/h5-7,9,11-12,14-15,31H,1-4,8,10,13H2,(H,24,25,26,27). The zero-order valence-electron chi connectivity index (χ0n) is 17.1. The molecule has 31 heavy (non-hydrogen) atoms. The Bertz CT molecular complexity index is 1230. The maximum atomic E-state index is 9.73. The fourth-order valence-electron chi connectivity index (χ4n) is 4.88. The van der Waals surface area contributed by atoms with Crippen LogP contribution in [0, 0.1) is 0 Å². The molecule has 4 aromatic rings. The number of aliphatic hydroxyl groups excluding tert-OH is 1. The van der Waals surface area contributed by atoms with Gasteiger partial charge in [-0.05, 0) is 37.5 Å². The number of rotatable bonds is 4. The molecule has 1 aliphatic carbocycles. The second-order valence-corrected chi connectivity index (χ2v) is 8.42. The Kier molecular flexibility index (Phi) is 4.41. The largest absolute Gasteiger partial charge is 0.391 e. The molecule has 0 aromatic carbocycles. The van der Waals surface area contributed by atoms with Crippen molar-refractivity contribution in [1.82, 2.24) is 29.7 Å². The van der Waals surface area contributed by atoms with Gasteiger partial charge in [-0.15, -0.1) is 10.2 Å². The topological polar surface area (TPSA) is 105 Å². The predicted molar refractivity (Wildman–Crippen MR) is 118 cm³/mol. The molecule has 2 N–H and O–H groups in total. The van der Waals surface area contributed by atoms with E-state index in [1.54, 1.807) is 0 Å². The molecule has 5 heterocycles. The van der Waals surface area contributed by atoms with Gasteiger partial charge in [0.25, 0.3) is 0 Å². The second kappa shape index (κ2) is 7.42. The molecular formula is C22H24N8O. The fourth-order valence-corrected chi connectivity index (χ4v) is 4.88. The molecule has 1 saturated carbocycles. The van der Waals surface area contributed by atoms with Crippen LogP contribution in [0.25, 0.3) is 21.9 Å². The van der Waals surface area contributed by atoms with Crippen molar-refractivity contribution in [3.63, 3.8) is 0 Å². The first-order valence-electron chi connectivity index (χ1n) is 10.9. The molecule has 2 fully saturated rings. The number of anilines is 3. The highest BCUT2D eigenvalue weighted by Gasteiger charge is 2.24. The number of aromatic nitrogens is 6. The molecular weight excluding hydrogens is 392 g/mol. The maximum absolute atomic E-state index is 9.73. The molecule has 2 aliphatic rings. The summed E-state index contributed by atoms with van der Waals surface area (Å²) in [6.07, 6.45) is 10.9.